The Hall–Kier alpha value is 0.270. The third kappa shape index (κ3) is 4.37. The predicted octanol–water partition coefficient (Wildman–Crippen LogP) is 0.497. The van der Waals surface area contributed by atoms with Gasteiger partial charge in [0.05, 0.1) is 5.03 Å². The van der Waals surface area contributed by atoms with Crippen LogP contribution in [0.1, 0.15) is 0 Å². The Kier molecular flexibility index (Phi) is 6.68. The van der Waals surface area contributed by atoms with E-state index in [0.29, 0.717) is 0 Å². The predicted molar refractivity (Wildman–Crippen MR) is 71.4 cm³/mol. The number of carbonyl (C=O) groups is 1. The van der Waals surface area contributed by atoms with Crippen LogP contribution in [0, 0.1) is 0 Å². The van der Waals surface area contributed by atoms with Crippen molar-refractivity contribution in [3.05, 3.63) is 9.52 Å². The number of aliphatic hydroxyl groups is 3. The Labute approximate surface area is 127 Å². The zero-order chi connectivity index (χ0) is 14.7. The molecule has 0 unspecified atom stereocenters. The number of hydrogen-bond acceptors (Lipinski definition) is 6. The van der Waals surface area contributed by atoms with Gasteiger partial charge in [0.2, 0.25) is 0 Å². The molecule has 0 aromatic heterocycles. The Bertz CT molecular complexity index is 375. The van der Waals surface area contributed by atoms with Crippen molar-refractivity contribution in [3.63, 3.8) is 0 Å². The second-order valence-corrected chi connectivity index (χ2v) is 6.20. The molecule has 1 aliphatic heterocycles. The summed E-state index contributed by atoms with van der Waals surface area (Å²) >= 11 is 17.4. The minimum Gasteiger partial charge on any atom is -0.479 e. The molecule has 19 heavy (non-hydrogen) atoms. The van der Waals surface area contributed by atoms with Gasteiger partial charge < -0.3 is 25.2 Å². The van der Waals surface area contributed by atoms with Crippen molar-refractivity contribution in [1.82, 2.24) is 0 Å². The van der Waals surface area contributed by atoms with Crippen LogP contribution in [0.2, 0.25) is 0 Å². The fraction of sp³-hybridized carbons (Fsp3) is 0.667. The lowest BCUT2D eigenvalue weighted by Gasteiger charge is -2.38. The normalized spacial score (nSPS) is 34.9. The summed E-state index contributed by atoms with van der Waals surface area (Å²) in [6, 6.07) is 0. The van der Waals surface area contributed by atoms with Crippen LogP contribution in [0.15, 0.2) is 9.52 Å². The molecule has 5 atom stereocenters. The van der Waals surface area contributed by atoms with Gasteiger partial charge in [0.15, 0.2) is 6.10 Å². The molecule has 1 saturated heterocycles. The summed E-state index contributed by atoms with van der Waals surface area (Å²) in [5, 5.41) is 37.6. The number of rotatable bonds is 4. The van der Waals surface area contributed by atoms with E-state index in [-0.39, 0.29) is 15.3 Å². The fourth-order valence-electron chi connectivity index (χ4n) is 1.40. The van der Waals surface area contributed by atoms with Crippen molar-refractivity contribution < 1.29 is 30.0 Å². The fourth-order valence-corrected chi connectivity index (χ4v) is 2.89. The van der Waals surface area contributed by atoms with E-state index in [0.717, 1.165) is 11.8 Å². The number of carboxylic acids is 1. The molecule has 10 heteroatoms. The Morgan fingerprint density at radius 1 is 1.11 bits per heavy atom. The van der Waals surface area contributed by atoms with Crippen LogP contribution in [0.25, 0.3) is 0 Å². The standard InChI is InChI=1S/C9H11Cl3O6S/c10-2(7(11)12)1-19-9-5(15)3(13)4(14)6(18-9)8(16)17/h3-6,9,13-15H,1H2,(H,16,17)/t3-,4-,5+,6-,9-/m0/s1. The highest BCUT2D eigenvalue weighted by atomic mass is 35.5. The molecular weight excluding hydrogens is 343 g/mol. The van der Waals surface area contributed by atoms with Crippen molar-refractivity contribution >= 4 is 52.5 Å². The number of carboxylic acid groups (broad SMARTS) is 1. The van der Waals surface area contributed by atoms with Crippen LogP contribution in [0.4, 0.5) is 0 Å². The second-order valence-electron chi connectivity index (χ2n) is 3.71. The van der Waals surface area contributed by atoms with Gasteiger partial charge in [-0.2, -0.15) is 0 Å². The lowest BCUT2D eigenvalue weighted by atomic mass is 10.0. The molecular formula is C9H11Cl3O6S. The Morgan fingerprint density at radius 2 is 1.68 bits per heavy atom. The van der Waals surface area contributed by atoms with Gasteiger partial charge in [-0.25, -0.2) is 4.79 Å². The number of hydrogen-bond donors (Lipinski definition) is 4. The number of aliphatic hydroxyl groups excluding tert-OH is 3. The highest BCUT2D eigenvalue weighted by molar-refractivity contribution is 8.00. The first kappa shape index (κ1) is 17.3. The van der Waals surface area contributed by atoms with E-state index >= 15 is 0 Å². The summed E-state index contributed by atoms with van der Waals surface area (Å²) in [6.45, 7) is 0. The molecule has 0 aliphatic carbocycles. The minimum atomic E-state index is -1.72. The summed E-state index contributed by atoms with van der Waals surface area (Å²) < 4.78 is 4.85. The molecule has 1 aliphatic rings. The molecule has 6 nitrogen and oxygen atoms in total. The van der Waals surface area contributed by atoms with Crippen LogP contribution < -0.4 is 0 Å². The Balaban J connectivity index is 2.72. The van der Waals surface area contributed by atoms with Gasteiger partial charge in [-0.1, -0.05) is 34.8 Å². The van der Waals surface area contributed by atoms with Crippen molar-refractivity contribution in [2.75, 3.05) is 5.75 Å². The molecule has 0 aromatic rings. The molecule has 0 spiro atoms. The van der Waals surface area contributed by atoms with E-state index in [2.05, 4.69) is 0 Å². The van der Waals surface area contributed by atoms with Crippen LogP contribution in [0.5, 0.6) is 0 Å². The SMILES string of the molecule is O=C(O)[C@H]1O[C@@H](SCC(Cl)=C(Cl)Cl)[C@H](O)[C@@H](O)[C@@H]1O. The van der Waals surface area contributed by atoms with E-state index < -0.39 is 35.8 Å². The van der Waals surface area contributed by atoms with Crippen molar-refractivity contribution in [2.45, 2.75) is 29.9 Å². The molecule has 110 valence electrons. The van der Waals surface area contributed by atoms with E-state index in [1.54, 1.807) is 0 Å². The number of thioether (sulfide) groups is 1. The summed E-state index contributed by atoms with van der Waals surface area (Å²) in [7, 11) is 0. The smallest absolute Gasteiger partial charge is 0.335 e. The van der Waals surface area contributed by atoms with Crippen LogP contribution in [-0.4, -0.2) is 62.0 Å². The summed E-state index contributed by atoms with van der Waals surface area (Å²) in [5.41, 5.74) is -1.08. The number of halogens is 3. The molecule has 0 amide bonds. The largest absolute Gasteiger partial charge is 0.479 e. The van der Waals surface area contributed by atoms with E-state index in [4.69, 9.17) is 44.6 Å². The summed E-state index contributed by atoms with van der Waals surface area (Å²) in [4.78, 5) is 10.8. The van der Waals surface area contributed by atoms with Gasteiger partial charge in [0.1, 0.15) is 28.2 Å². The molecule has 0 bridgehead atoms. The van der Waals surface area contributed by atoms with Crippen molar-refractivity contribution in [1.29, 1.82) is 0 Å². The third-order valence-electron chi connectivity index (χ3n) is 2.39. The number of ether oxygens (including phenoxy) is 1. The molecule has 1 rings (SSSR count). The second kappa shape index (κ2) is 7.33. The first-order valence-electron chi connectivity index (χ1n) is 4.99. The molecule has 4 N–H and O–H groups in total. The average molecular weight is 354 g/mol. The Morgan fingerprint density at radius 3 is 2.16 bits per heavy atom. The van der Waals surface area contributed by atoms with Crippen LogP contribution >= 0.6 is 46.6 Å². The highest BCUT2D eigenvalue weighted by Crippen LogP contribution is 2.31. The summed E-state index contributed by atoms with van der Waals surface area (Å²) in [5.74, 6) is -1.39. The minimum absolute atomic E-state index is 0.0563. The van der Waals surface area contributed by atoms with E-state index in [1.165, 1.54) is 0 Å². The zero-order valence-electron chi connectivity index (χ0n) is 9.24. The van der Waals surface area contributed by atoms with Gasteiger partial charge in [-0.05, 0) is 0 Å². The third-order valence-corrected chi connectivity index (χ3v) is 4.70. The van der Waals surface area contributed by atoms with Gasteiger partial charge in [-0.15, -0.1) is 11.8 Å². The monoisotopic (exact) mass is 352 g/mol. The summed E-state index contributed by atoms with van der Waals surface area (Å²) in [6.07, 6.45) is -6.45. The van der Waals surface area contributed by atoms with Gasteiger partial charge in [0.25, 0.3) is 0 Å². The quantitative estimate of drug-likeness (QED) is 0.583. The number of aliphatic carboxylic acids is 1. The van der Waals surface area contributed by atoms with Crippen molar-refractivity contribution in [3.8, 4) is 0 Å². The van der Waals surface area contributed by atoms with Gasteiger partial charge >= 0.3 is 5.97 Å². The maximum absolute atomic E-state index is 10.8. The molecule has 0 aromatic carbocycles. The molecule has 0 saturated carbocycles. The topological polar surface area (TPSA) is 107 Å². The van der Waals surface area contributed by atoms with Gasteiger partial charge in [-0.3, -0.25) is 0 Å². The maximum Gasteiger partial charge on any atom is 0.335 e. The first-order chi connectivity index (χ1) is 8.75. The first-order valence-corrected chi connectivity index (χ1v) is 7.17. The molecule has 0 radical (unpaired) electrons. The molecule has 1 fully saturated rings. The van der Waals surface area contributed by atoms with Crippen LogP contribution in [0.3, 0.4) is 0 Å². The van der Waals surface area contributed by atoms with E-state index in [9.17, 15) is 20.1 Å². The van der Waals surface area contributed by atoms with Crippen molar-refractivity contribution in [2.24, 2.45) is 0 Å². The van der Waals surface area contributed by atoms with Crippen LogP contribution in [-0.2, 0) is 9.53 Å². The molecule has 1 heterocycles. The lowest BCUT2D eigenvalue weighted by molar-refractivity contribution is -0.209. The average Bonchev–Trinajstić information content (AvgIpc) is 2.34. The lowest BCUT2D eigenvalue weighted by Crippen LogP contribution is -2.58. The maximum atomic E-state index is 10.8. The highest BCUT2D eigenvalue weighted by Gasteiger charge is 2.46. The van der Waals surface area contributed by atoms with E-state index in [1.807, 2.05) is 0 Å². The van der Waals surface area contributed by atoms with Gasteiger partial charge in [0, 0.05) is 5.75 Å². The zero-order valence-corrected chi connectivity index (χ0v) is 12.3.